The van der Waals surface area contributed by atoms with Crippen LogP contribution in [0, 0.1) is 5.82 Å². The Morgan fingerprint density at radius 1 is 1.38 bits per heavy atom. The Morgan fingerprint density at radius 3 is 2.56 bits per heavy atom. The van der Waals surface area contributed by atoms with Crippen LogP contribution in [0.5, 0.6) is 5.75 Å². The smallest absolute Gasteiger partial charge is 0.123 e. The second-order valence-corrected chi connectivity index (χ2v) is 4.11. The molecule has 3 nitrogen and oxygen atoms in total. The zero-order valence-electron chi connectivity index (χ0n) is 9.45. The highest BCUT2D eigenvalue weighted by Gasteiger charge is 2.16. The van der Waals surface area contributed by atoms with E-state index in [1.807, 2.05) is 0 Å². The zero-order valence-corrected chi connectivity index (χ0v) is 9.45. The van der Waals surface area contributed by atoms with Gasteiger partial charge in [0.15, 0.2) is 0 Å². The van der Waals surface area contributed by atoms with Gasteiger partial charge in [0, 0.05) is 6.54 Å². The van der Waals surface area contributed by atoms with E-state index in [2.05, 4.69) is 0 Å². The summed E-state index contributed by atoms with van der Waals surface area (Å²) >= 11 is 0. The standard InChI is InChI=1S/C12H18FNO2/c1-12(15,9-14)7-2-8-16-11-5-3-10(13)4-6-11/h3-6,15H,2,7-9,14H2,1H3. The summed E-state index contributed by atoms with van der Waals surface area (Å²) in [6.45, 7) is 2.43. The van der Waals surface area contributed by atoms with Crippen molar-refractivity contribution in [3.8, 4) is 5.75 Å². The van der Waals surface area contributed by atoms with Gasteiger partial charge in [-0.3, -0.25) is 0 Å². The SMILES string of the molecule is CC(O)(CN)CCCOc1ccc(F)cc1. The van der Waals surface area contributed by atoms with Crippen molar-refractivity contribution in [2.45, 2.75) is 25.4 Å². The van der Waals surface area contributed by atoms with E-state index >= 15 is 0 Å². The second-order valence-electron chi connectivity index (χ2n) is 4.11. The van der Waals surface area contributed by atoms with Gasteiger partial charge in [-0.05, 0) is 44.0 Å². The highest BCUT2D eigenvalue weighted by atomic mass is 19.1. The molecular weight excluding hydrogens is 209 g/mol. The number of hydrogen-bond donors (Lipinski definition) is 2. The molecule has 0 aliphatic heterocycles. The lowest BCUT2D eigenvalue weighted by atomic mass is 10.0. The molecule has 0 spiro atoms. The maximum absolute atomic E-state index is 12.6. The highest BCUT2D eigenvalue weighted by Crippen LogP contribution is 2.13. The lowest BCUT2D eigenvalue weighted by Crippen LogP contribution is -2.34. The molecule has 16 heavy (non-hydrogen) atoms. The minimum absolute atomic E-state index is 0.240. The zero-order chi connectivity index (χ0) is 12.0. The van der Waals surface area contributed by atoms with Crippen molar-refractivity contribution < 1.29 is 14.2 Å². The van der Waals surface area contributed by atoms with Crippen LogP contribution < -0.4 is 10.5 Å². The van der Waals surface area contributed by atoms with Crippen LogP contribution in [0.15, 0.2) is 24.3 Å². The van der Waals surface area contributed by atoms with Gasteiger partial charge in [0.1, 0.15) is 11.6 Å². The largest absolute Gasteiger partial charge is 0.494 e. The summed E-state index contributed by atoms with van der Waals surface area (Å²) in [7, 11) is 0. The molecule has 3 N–H and O–H groups in total. The van der Waals surface area contributed by atoms with E-state index < -0.39 is 5.60 Å². The molecule has 0 saturated carbocycles. The Labute approximate surface area is 95.0 Å². The molecule has 1 aromatic carbocycles. The summed E-state index contributed by atoms with van der Waals surface area (Å²) < 4.78 is 18.0. The van der Waals surface area contributed by atoms with Gasteiger partial charge in [-0.25, -0.2) is 4.39 Å². The van der Waals surface area contributed by atoms with Gasteiger partial charge in [-0.2, -0.15) is 0 Å². The van der Waals surface area contributed by atoms with Gasteiger partial charge in [0.05, 0.1) is 12.2 Å². The number of nitrogens with two attached hydrogens (primary N) is 1. The first-order chi connectivity index (χ1) is 7.53. The summed E-state index contributed by atoms with van der Waals surface area (Å²) in [6.07, 6.45) is 1.30. The molecule has 0 aliphatic rings. The maximum atomic E-state index is 12.6. The molecule has 0 amide bonds. The first-order valence-corrected chi connectivity index (χ1v) is 5.34. The van der Waals surface area contributed by atoms with Crippen LogP contribution in [0.3, 0.4) is 0 Å². The van der Waals surface area contributed by atoms with Crippen molar-refractivity contribution in [1.29, 1.82) is 0 Å². The van der Waals surface area contributed by atoms with Crippen LogP contribution in [-0.4, -0.2) is 23.9 Å². The van der Waals surface area contributed by atoms with E-state index in [1.165, 1.54) is 12.1 Å². The molecule has 0 bridgehead atoms. The van der Waals surface area contributed by atoms with Gasteiger partial charge in [-0.15, -0.1) is 0 Å². The summed E-state index contributed by atoms with van der Waals surface area (Å²) in [5, 5.41) is 9.63. The summed E-state index contributed by atoms with van der Waals surface area (Å²) in [5.74, 6) is 0.354. The fourth-order valence-corrected chi connectivity index (χ4v) is 1.28. The van der Waals surface area contributed by atoms with Crippen LogP contribution in [0.1, 0.15) is 19.8 Å². The van der Waals surface area contributed by atoms with Crippen molar-refractivity contribution in [1.82, 2.24) is 0 Å². The van der Waals surface area contributed by atoms with Gasteiger partial charge in [-0.1, -0.05) is 0 Å². The fraction of sp³-hybridized carbons (Fsp3) is 0.500. The number of rotatable bonds is 6. The average Bonchev–Trinajstić information content (AvgIpc) is 2.27. The van der Waals surface area contributed by atoms with Crippen molar-refractivity contribution in [3.63, 3.8) is 0 Å². The van der Waals surface area contributed by atoms with Crippen LogP contribution in [0.2, 0.25) is 0 Å². The first kappa shape index (κ1) is 12.9. The van der Waals surface area contributed by atoms with Gasteiger partial charge in [0.2, 0.25) is 0 Å². The average molecular weight is 227 g/mol. The van der Waals surface area contributed by atoms with Crippen LogP contribution in [0.25, 0.3) is 0 Å². The molecule has 90 valence electrons. The quantitative estimate of drug-likeness (QED) is 0.727. The molecule has 4 heteroatoms. The second kappa shape index (κ2) is 5.82. The number of hydrogen-bond acceptors (Lipinski definition) is 3. The summed E-state index contributed by atoms with van der Waals surface area (Å²) in [5.41, 5.74) is 4.56. The molecule has 0 heterocycles. The minimum Gasteiger partial charge on any atom is -0.494 e. The lowest BCUT2D eigenvalue weighted by molar-refractivity contribution is 0.0536. The number of ether oxygens (including phenoxy) is 1. The van der Waals surface area contributed by atoms with Gasteiger partial charge < -0.3 is 15.6 Å². The Kier molecular flexibility index (Phi) is 4.71. The van der Waals surface area contributed by atoms with Crippen molar-refractivity contribution in [2.75, 3.05) is 13.2 Å². The fourth-order valence-electron chi connectivity index (χ4n) is 1.28. The third-order valence-electron chi connectivity index (χ3n) is 2.38. The molecule has 0 aliphatic carbocycles. The van der Waals surface area contributed by atoms with Gasteiger partial charge in [0.25, 0.3) is 0 Å². The van der Waals surface area contributed by atoms with E-state index in [9.17, 15) is 9.50 Å². The third-order valence-corrected chi connectivity index (χ3v) is 2.38. The van der Waals surface area contributed by atoms with Crippen molar-refractivity contribution in [3.05, 3.63) is 30.1 Å². The van der Waals surface area contributed by atoms with Crippen LogP contribution >= 0.6 is 0 Å². The molecule has 0 fully saturated rings. The molecule has 1 unspecified atom stereocenters. The van der Waals surface area contributed by atoms with Crippen LogP contribution in [-0.2, 0) is 0 Å². The number of halogens is 1. The summed E-state index contributed by atoms with van der Waals surface area (Å²) in [6, 6.07) is 5.86. The molecule has 0 radical (unpaired) electrons. The Hall–Kier alpha value is -1.13. The molecule has 0 saturated heterocycles. The minimum atomic E-state index is -0.827. The predicted octanol–water partition coefficient (Wildman–Crippen LogP) is 1.69. The molecule has 1 atom stereocenters. The number of benzene rings is 1. The van der Waals surface area contributed by atoms with E-state index in [0.717, 1.165) is 0 Å². The predicted molar refractivity (Wildman–Crippen MR) is 60.8 cm³/mol. The van der Waals surface area contributed by atoms with E-state index in [1.54, 1.807) is 19.1 Å². The topological polar surface area (TPSA) is 55.5 Å². The van der Waals surface area contributed by atoms with Gasteiger partial charge >= 0.3 is 0 Å². The maximum Gasteiger partial charge on any atom is 0.123 e. The first-order valence-electron chi connectivity index (χ1n) is 5.34. The Balaban J connectivity index is 2.23. The number of aliphatic hydroxyl groups is 1. The third kappa shape index (κ3) is 4.59. The van der Waals surface area contributed by atoms with E-state index in [0.29, 0.717) is 25.2 Å². The lowest BCUT2D eigenvalue weighted by Gasteiger charge is -2.20. The molecule has 1 aromatic rings. The molecule has 1 rings (SSSR count). The molecule has 0 aromatic heterocycles. The monoisotopic (exact) mass is 227 g/mol. The van der Waals surface area contributed by atoms with Crippen molar-refractivity contribution in [2.24, 2.45) is 5.73 Å². The molecular formula is C12H18FNO2. The normalized spacial score (nSPS) is 14.5. The highest BCUT2D eigenvalue weighted by molar-refractivity contribution is 5.21. The van der Waals surface area contributed by atoms with E-state index in [-0.39, 0.29) is 12.4 Å². The Bertz CT molecular complexity index is 311. The Morgan fingerprint density at radius 2 is 2.00 bits per heavy atom. The van der Waals surface area contributed by atoms with E-state index in [4.69, 9.17) is 10.5 Å². The summed E-state index contributed by atoms with van der Waals surface area (Å²) in [4.78, 5) is 0. The van der Waals surface area contributed by atoms with Crippen LogP contribution in [0.4, 0.5) is 4.39 Å². The van der Waals surface area contributed by atoms with Crippen molar-refractivity contribution >= 4 is 0 Å².